The number of fused-ring (bicyclic) bond motifs is 1. The zero-order chi connectivity index (χ0) is 11.7. The minimum Gasteiger partial charge on any atom is -0.354 e. The highest BCUT2D eigenvalue weighted by molar-refractivity contribution is 5.92. The van der Waals surface area contributed by atoms with Crippen molar-refractivity contribution in [2.75, 3.05) is 25.0 Å². The summed E-state index contributed by atoms with van der Waals surface area (Å²) in [4.78, 5) is 6.93. The van der Waals surface area contributed by atoms with Crippen molar-refractivity contribution < 1.29 is 0 Å². The molecule has 1 saturated heterocycles. The number of nitrogens with zero attached hydrogens (tertiary/aromatic N) is 2. The van der Waals surface area contributed by atoms with Crippen LogP contribution in [0.25, 0.3) is 10.8 Å². The Balaban J connectivity index is 2.00. The van der Waals surface area contributed by atoms with Gasteiger partial charge in [-0.15, -0.1) is 0 Å². The summed E-state index contributed by atoms with van der Waals surface area (Å²) in [5, 5.41) is 5.87. The van der Waals surface area contributed by atoms with Gasteiger partial charge in [-0.2, -0.15) is 0 Å². The number of pyridine rings is 1. The molecule has 1 unspecified atom stereocenters. The van der Waals surface area contributed by atoms with Crippen LogP contribution in [0.3, 0.4) is 0 Å². The average molecular weight is 227 g/mol. The van der Waals surface area contributed by atoms with E-state index in [1.807, 2.05) is 13.2 Å². The highest BCUT2D eigenvalue weighted by atomic mass is 15.2. The van der Waals surface area contributed by atoms with Crippen LogP contribution in [0.4, 0.5) is 5.82 Å². The van der Waals surface area contributed by atoms with Crippen LogP contribution >= 0.6 is 0 Å². The topological polar surface area (TPSA) is 28.2 Å². The summed E-state index contributed by atoms with van der Waals surface area (Å²) in [5.74, 6) is 1.13. The van der Waals surface area contributed by atoms with Crippen LogP contribution in [0.5, 0.6) is 0 Å². The Morgan fingerprint density at radius 1 is 1.29 bits per heavy atom. The van der Waals surface area contributed by atoms with Crippen molar-refractivity contribution >= 4 is 16.6 Å². The van der Waals surface area contributed by atoms with Crippen LogP contribution in [0.2, 0.25) is 0 Å². The van der Waals surface area contributed by atoms with Crippen molar-refractivity contribution in [2.24, 2.45) is 0 Å². The normalized spacial score (nSPS) is 20.1. The molecule has 1 aliphatic heterocycles. The van der Waals surface area contributed by atoms with Gasteiger partial charge in [0.05, 0.1) is 0 Å². The lowest BCUT2D eigenvalue weighted by Gasteiger charge is -2.19. The average Bonchev–Trinajstić information content (AvgIpc) is 2.87. The van der Waals surface area contributed by atoms with E-state index in [1.165, 1.54) is 17.2 Å². The quantitative estimate of drug-likeness (QED) is 0.851. The molecule has 0 saturated carbocycles. The number of benzene rings is 1. The van der Waals surface area contributed by atoms with Crippen molar-refractivity contribution in [1.29, 1.82) is 0 Å². The first-order valence-corrected chi connectivity index (χ1v) is 6.14. The van der Waals surface area contributed by atoms with E-state index >= 15 is 0 Å². The third-order valence-electron chi connectivity index (χ3n) is 3.55. The zero-order valence-electron chi connectivity index (χ0n) is 10.1. The Bertz CT molecular complexity index is 518. The van der Waals surface area contributed by atoms with E-state index < -0.39 is 0 Å². The van der Waals surface area contributed by atoms with Gasteiger partial charge in [-0.05, 0) is 24.9 Å². The molecule has 0 radical (unpaired) electrons. The highest BCUT2D eigenvalue weighted by Gasteiger charge is 2.22. The molecule has 88 valence electrons. The molecule has 3 rings (SSSR count). The summed E-state index contributed by atoms with van der Waals surface area (Å²) in [5.41, 5.74) is 0. The molecule has 17 heavy (non-hydrogen) atoms. The van der Waals surface area contributed by atoms with Crippen molar-refractivity contribution in [3.63, 3.8) is 0 Å². The smallest absolute Gasteiger partial charge is 0.136 e. The molecule has 0 amide bonds. The summed E-state index contributed by atoms with van der Waals surface area (Å²) in [7, 11) is 2.03. The van der Waals surface area contributed by atoms with Gasteiger partial charge >= 0.3 is 0 Å². The van der Waals surface area contributed by atoms with Crippen molar-refractivity contribution in [3.05, 3.63) is 36.5 Å². The first-order chi connectivity index (χ1) is 8.38. The maximum absolute atomic E-state index is 4.56. The molecule has 3 nitrogen and oxygen atoms in total. The minimum atomic E-state index is 0.593. The monoisotopic (exact) mass is 227 g/mol. The summed E-state index contributed by atoms with van der Waals surface area (Å²) in [6, 6.07) is 11.1. The second-order valence-corrected chi connectivity index (χ2v) is 4.58. The first-order valence-electron chi connectivity index (χ1n) is 6.14. The third kappa shape index (κ3) is 1.87. The molecule has 0 spiro atoms. The van der Waals surface area contributed by atoms with E-state index in [4.69, 9.17) is 0 Å². The molecular weight excluding hydrogens is 210 g/mol. The van der Waals surface area contributed by atoms with Gasteiger partial charge in [0.1, 0.15) is 5.82 Å². The van der Waals surface area contributed by atoms with Crippen molar-refractivity contribution in [1.82, 2.24) is 10.3 Å². The Kier molecular flexibility index (Phi) is 2.69. The number of nitrogens with one attached hydrogen (secondary N) is 1. The van der Waals surface area contributed by atoms with E-state index in [0.29, 0.717) is 6.04 Å². The van der Waals surface area contributed by atoms with Gasteiger partial charge in [0.15, 0.2) is 0 Å². The zero-order valence-corrected chi connectivity index (χ0v) is 10.1. The SMILES string of the molecule is CNC1CCN(c2nccc3ccccc23)C1. The molecule has 1 atom stereocenters. The number of likely N-dealkylation sites (N-methyl/N-ethyl adjacent to an activating group) is 1. The lowest BCUT2D eigenvalue weighted by Crippen LogP contribution is -2.29. The van der Waals surface area contributed by atoms with Crippen LogP contribution in [0.15, 0.2) is 36.5 Å². The fraction of sp³-hybridized carbons (Fsp3) is 0.357. The molecule has 3 heteroatoms. The van der Waals surface area contributed by atoms with Crippen LogP contribution in [-0.2, 0) is 0 Å². The van der Waals surface area contributed by atoms with E-state index in [0.717, 1.165) is 18.9 Å². The molecule has 0 bridgehead atoms. The third-order valence-corrected chi connectivity index (χ3v) is 3.55. The lowest BCUT2D eigenvalue weighted by molar-refractivity contribution is 0.616. The molecular formula is C14H17N3. The van der Waals surface area contributed by atoms with Crippen LogP contribution in [0.1, 0.15) is 6.42 Å². The molecule has 1 aromatic carbocycles. The molecule has 1 aromatic heterocycles. The molecule has 0 aliphatic carbocycles. The second kappa shape index (κ2) is 4.34. The first kappa shape index (κ1) is 10.5. The van der Waals surface area contributed by atoms with E-state index in [9.17, 15) is 0 Å². The molecule has 1 aliphatic rings. The van der Waals surface area contributed by atoms with Crippen LogP contribution in [0, 0.1) is 0 Å². The van der Waals surface area contributed by atoms with Crippen LogP contribution in [-0.4, -0.2) is 31.2 Å². The highest BCUT2D eigenvalue weighted by Crippen LogP contribution is 2.26. The summed E-state index contributed by atoms with van der Waals surface area (Å²) >= 11 is 0. The van der Waals surface area contributed by atoms with E-state index in [2.05, 4.69) is 45.5 Å². The van der Waals surface area contributed by atoms with E-state index in [1.54, 1.807) is 0 Å². The standard InChI is InChI=1S/C14H17N3/c1-15-12-7-9-17(10-12)14-13-5-3-2-4-11(13)6-8-16-14/h2-6,8,12,15H,7,9-10H2,1H3. The van der Waals surface area contributed by atoms with Gasteiger partial charge in [0.25, 0.3) is 0 Å². The Morgan fingerprint density at radius 3 is 3.00 bits per heavy atom. The Hall–Kier alpha value is -1.61. The summed E-state index contributed by atoms with van der Waals surface area (Å²) in [6.45, 7) is 2.14. The van der Waals surface area contributed by atoms with Gasteiger partial charge in [-0.1, -0.05) is 24.3 Å². The van der Waals surface area contributed by atoms with Crippen molar-refractivity contribution in [3.8, 4) is 0 Å². The largest absolute Gasteiger partial charge is 0.354 e. The molecule has 1 N–H and O–H groups in total. The Morgan fingerprint density at radius 2 is 2.18 bits per heavy atom. The van der Waals surface area contributed by atoms with Gasteiger partial charge in [0.2, 0.25) is 0 Å². The Labute approximate surface area is 101 Å². The number of aromatic nitrogens is 1. The van der Waals surface area contributed by atoms with Crippen molar-refractivity contribution in [2.45, 2.75) is 12.5 Å². The van der Waals surface area contributed by atoms with E-state index in [-0.39, 0.29) is 0 Å². The number of anilines is 1. The fourth-order valence-corrected chi connectivity index (χ4v) is 2.54. The lowest BCUT2D eigenvalue weighted by atomic mass is 10.1. The van der Waals surface area contributed by atoms with Gasteiger partial charge in [0, 0.05) is 30.7 Å². The molecule has 1 fully saturated rings. The maximum atomic E-state index is 4.56. The fourth-order valence-electron chi connectivity index (χ4n) is 2.54. The molecule has 2 heterocycles. The van der Waals surface area contributed by atoms with Gasteiger partial charge in [-0.25, -0.2) is 4.98 Å². The number of hydrogen-bond donors (Lipinski definition) is 1. The summed E-state index contributed by atoms with van der Waals surface area (Å²) < 4.78 is 0. The maximum Gasteiger partial charge on any atom is 0.136 e. The predicted octanol–water partition coefficient (Wildman–Crippen LogP) is 2.03. The van der Waals surface area contributed by atoms with Gasteiger partial charge < -0.3 is 10.2 Å². The molecule has 2 aromatic rings. The number of rotatable bonds is 2. The minimum absolute atomic E-state index is 0.593. The number of hydrogen-bond acceptors (Lipinski definition) is 3. The predicted molar refractivity (Wildman–Crippen MR) is 71.4 cm³/mol. The van der Waals surface area contributed by atoms with Gasteiger partial charge in [-0.3, -0.25) is 0 Å². The summed E-state index contributed by atoms with van der Waals surface area (Å²) in [6.07, 6.45) is 3.10. The van der Waals surface area contributed by atoms with Crippen LogP contribution < -0.4 is 10.2 Å². The second-order valence-electron chi connectivity index (χ2n) is 4.58.